The first-order chi connectivity index (χ1) is 5.82. The minimum Gasteiger partial charge on any atom is -0.396 e. The van der Waals surface area contributed by atoms with Gasteiger partial charge in [0.25, 0.3) is 0 Å². The maximum absolute atomic E-state index is 12.5. The molecular weight excluding hydrogens is 240 g/mol. The maximum Gasteiger partial charge on any atom is 0.334 e. The van der Waals surface area contributed by atoms with Crippen LogP contribution < -0.4 is 5.73 Å². The van der Waals surface area contributed by atoms with Gasteiger partial charge in [0.2, 0.25) is 0 Å². The van der Waals surface area contributed by atoms with Crippen molar-refractivity contribution < 1.29 is 12.3 Å². The third-order valence-electron chi connectivity index (χ3n) is 1.32. The lowest BCUT2D eigenvalue weighted by Crippen LogP contribution is -1.99. The number of rotatable bonds is 1. The average molecular weight is 244 g/mol. The minimum atomic E-state index is -4.87. The summed E-state index contributed by atoms with van der Waals surface area (Å²) in [5, 5.41) is -0.0841. The van der Waals surface area contributed by atoms with Crippen molar-refractivity contribution in [3.63, 3.8) is 0 Å². The van der Waals surface area contributed by atoms with Gasteiger partial charge in [-0.2, -0.15) is 8.42 Å². The molecule has 1 rings (SSSR count). The Morgan fingerprint density at radius 3 is 2.31 bits per heavy atom. The first kappa shape index (κ1) is 10.6. The highest BCUT2D eigenvalue weighted by atomic mass is 35.5. The summed E-state index contributed by atoms with van der Waals surface area (Å²) < 4.78 is 33.5. The highest BCUT2D eigenvalue weighted by Gasteiger charge is 2.18. The first-order valence-corrected chi connectivity index (χ1v) is 5.15. The van der Waals surface area contributed by atoms with E-state index in [9.17, 15) is 12.3 Å². The predicted molar refractivity (Wildman–Crippen MR) is 49.2 cm³/mol. The molecule has 0 heterocycles. The van der Waals surface area contributed by atoms with Gasteiger partial charge in [0.1, 0.15) is 4.90 Å². The van der Waals surface area contributed by atoms with E-state index in [1.165, 1.54) is 6.07 Å². The van der Waals surface area contributed by atoms with Crippen LogP contribution in [0.15, 0.2) is 17.0 Å². The van der Waals surface area contributed by atoms with Crippen molar-refractivity contribution in [3.05, 3.63) is 22.2 Å². The van der Waals surface area contributed by atoms with Gasteiger partial charge in [-0.3, -0.25) is 0 Å². The van der Waals surface area contributed by atoms with Gasteiger partial charge in [-0.15, -0.1) is 3.89 Å². The van der Waals surface area contributed by atoms with Crippen molar-refractivity contribution in [2.75, 3.05) is 5.73 Å². The molecule has 0 fully saturated rings. The van der Waals surface area contributed by atoms with E-state index < -0.39 is 15.1 Å². The van der Waals surface area contributed by atoms with Gasteiger partial charge in [0.15, 0.2) is 0 Å². The Hall–Kier alpha value is -0.520. The van der Waals surface area contributed by atoms with Gasteiger partial charge < -0.3 is 5.73 Å². The summed E-state index contributed by atoms with van der Waals surface area (Å²) in [6.07, 6.45) is 0. The quantitative estimate of drug-likeness (QED) is 0.608. The highest BCUT2D eigenvalue weighted by molar-refractivity contribution is 7.86. The lowest BCUT2D eigenvalue weighted by atomic mass is 10.3. The Balaban J connectivity index is 3.56. The van der Waals surface area contributed by atoms with Crippen molar-refractivity contribution in [1.82, 2.24) is 0 Å². The van der Waals surface area contributed by atoms with Gasteiger partial charge in [-0.1, -0.05) is 23.2 Å². The molecule has 0 saturated heterocycles. The zero-order chi connectivity index (χ0) is 10.2. The average Bonchev–Trinajstić information content (AvgIpc) is 1.94. The van der Waals surface area contributed by atoms with Gasteiger partial charge in [0, 0.05) is 5.02 Å². The van der Waals surface area contributed by atoms with Gasteiger partial charge in [-0.05, 0) is 12.1 Å². The van der Waals surface area contributed by atoms with Crippen molar-refractivity contribution in [2.24, 2.45) is 0 Å². The van der Waals surface area contributed by atoms with Crippen LogP contribution in [0.25, 0.3) is 0 Å². The number of benzene rings is 1. The van der Waals surface area contributed by atoms with Crippen LogP contribution in [-0.2, 0) is 10.2 Å². The van der Waals surface area contributed by atoms with E-state index in [1.54, 1.807) is 0 Å². The third kappa shape index (κ3) is 2.24. The fourth-order valence-corrected chi connectivity index (χ4v) is 2.02. The zero-order valence-electron chi connectivity index (χ0n) is 6.09. The highest BCUT2D eigenvalue weighted by Crippen LogP contribution is 2.31. The van der Waals surface area contributed by atoms with Crippen LogP contribution >= 0.6 is 23.2 Å². The molecule has 0 aliphatic rings. The van der Waals surface area contributed by atoms with E-state index in [1.807, 2.05) is 0 Å². The Morgan fingerprint density at radius 1 is 1.31 bits per heavy atom. The number of halogens is 3. The number of nitrogen functional groups attached to an aromatic ring is 1. The molecule has 0 amide bonds. The summed E-state index contributed by atoms with van der Waals surface area (Å²) in [4.78, 5) is -0.704. The molecule has 0 aromatic heterocycles. The lowest BCUT2D eigenvalue weighted by Gasteiger charge is -2.03. The Kier molecular flexibility index (Phi) is 2.70. The fourth-order valence-electron chi connectivity index (χ4n) is 0.763. The van der Waals surface area contributed by atoms with E-state index in [0.717, 1.165) is 6.07 Å². The van der Waals surface area contributed by atoms with Crippen LogP contribution in [0.2, 0.25) is 10.0 Å². The van der Waals surface area contributed by atoms with Crippen molar-refractivity contribution in [3.8, 4) is 0 Å². The van der Waals surface area contributed by atoms with E-state index in [2.05, 4.69) is 0 Å². The smallest absolute Gasteiger partial charge is 0.334 e. The number of nitrogens with two attached hydrogens (primary N) is 1. The second-order valence-electron chi connectivity index (χ2n) is 2.24. The summed E-state index contributed by atoms with van der Waals surface area (Å²) in [7, 11) is -4.87. The molecule has 1 aromatic rings. The first-order valence-electron chi connectivity index (χ1n) is 3.01. The number of hydrogen-bond acceptors (Lipinski definition) is 3. The van der Waals surface area contributed by atoms with Gasteiger partial charge in [0.05, 0.1) is 10.7 Å². The molecule has 13 heavy (non-hydrogen) atoms. The Labute approximate surface area is 84.5 Å². The van der Waals surface area contributed by atoms with Crippen molar-refractivity contribution >= 4 is 39.1 Å². The second kappa shape index (κ2) is 3.32. The standard InChI is InChI=1S/C6H4Cl2FNO2S/c7-3-1-4(8)6(10)5(2-3)13(9,11)12/h1-2H,10H2. The molecule has 3 nitrogen and oxygen atoms in total. The van der Waals surface area contributed by atoms with Crippen LogP contribution in [0, 0.1) is 0 Å². The lowest BCUT2D eigenvalue weighted by molar-refractivity contribution is 0.552. The van der Waals surface area contributed by atoms with Crippen LogP contribution in [0.5, 0.6) is 0 Å². The van der Waals surface area contributed by atoms with E-state index in [-0.39, 0.29) is 15.7 Å². The molecule has 0 atom stereocenters. The molecule has 0 aliphatic heterocycles. The molecule has 0 aliphatic carbocycles. The zero-order valence-corrected chi connectivity index (χ0v) is 8.42. The van der Waals surface area contributed by atoms with E-state index in [4.69, 9.17) is 28.9 Å². The molecule has 2 N–H and O–H groups in total. The molecule has 1 aromatic carbocycles. The normalized spacial score (nSPS) is 11.6. The SMILES string of the molecule is Nc1c(Cl)cc(Cl)cc1S(=O)(=O)F. The predicted octanol–water partition coefficient (Wildman–Crippen LogP) is 2.23. The van der Waals surface area contributed by atoms with Crippen LogP contribution in [0.3, 0.4) is 0 Å². The second-order valence-corrected chi connectivity index (χ2v) is 4.40. The summed E-state index contributed by atoms with van der Waals surface area (Å²) >= 11 is 10.9. The monoisotopic (exact) mass is 243 g/mol. The van der Waals surface area contributed by atoms with Crippen LogP contribution in [-0.4, -0.2) is 8.42 Å². The van der Waals surface area contributed by atoms with Crippen molar-refractivity contribution in [2.45, 2.75) is 4.90 Å². The van der Waals surface area contributed by atoms with Crippen LogP contribution in [0.4, 0.5) is 9.57 Å². The van der Waals surface area contributed by atoms with Crippen molar-refractivity contribution in [1.29, 1.82) is 0 Å². The third-order valence-corrected chi connectivity index (χ3v) is 2.71. The number of hydrogen-bond donors (Lipinski definition) is 1. The Bertz CT molecular complexity index is 446. The Morgan fingerprint density at radius 2 is 1.85 bits per heavy atom. The molecule has 0 bridgehead atoms. The molecule has 7 heteroatoms. The summed E-state index contributed by atoms with van der Waals surface area (Å²) in [5.41, 5.74) is 4.89. The topological polar surface area (TPSA) is 60.2 Å². The molecule has 0 radical (unpaired) electrons. The minimum absolute atomic E-state index is 0.00965. The summed E-state index contributed by atoms with van der Waals surface area (Å²) in [5.74, 6) is 0. The maximum atomic E-state index is 12.5. The summed E-state index contributed by atoms with van der Waals surface area (Å²) in [6, 6.07) is 2.13. The van der Waals surface area contributed by atoms with Gasteiger partial charge in [-0.25, -0.2) is 0 Å². The molecular formula is C6H4Cl2FNO2S. The molecule has 0 saturated carbocycles. The molecule has 0 spiro atoms. The summed E-state index contributed by atoms with van der Waals surface area (Å²) in [6.45, 7) is 0. The van der Waals surface area contributed by atoms with E-state index in [0.29, 0.717) is 0 Å². The van der Waals surface area contributed by atoms with Gasteiger partial charge >= 0.3 is 10.2 Å². The molecule has 0 unspecified atom stereocenters. The van der Waals surface area contributed by atoms with Crippen LogP contribution in [0.1, 0.15) is 0 Å². The number of anilines is 1. The van der Waals surface area contributed by atoms with E-state index >= 15 is 0 Å². The molecule has 72 valence electrons. The largest absolute Gasteiger partial charge is 0.396 e. The fraction of sp³-hybridized carbons (Fsp3) is 0.